The number of carbonyl (C=O) groups excluding carboxylic acids is 1. The Kier molecular flexibility index (Phi) is 4.65. The van der Waals surface area contributed by atoms with Gasteiger partial charge in [-0.15, -0.1) is 0 Å². The summed E-state index contributed by atoms with van der Waals surface area (Å²) >= 11 is 0. The molecule has 6 nitrogen and oxygen atoms in total. The Morgan fingerprint density at radius 3 is 2.71 bits per heavy atom. The SMILES string of the molecule is CN(CCc1ccccn1)C(=O)Cn1c(=O)cnc2ccccc21. The van der Waals surface area contributed by atoms with Crippen LogP contribution in [0.3, 0.4) is 0 Å². The highest BCUT2D eigenvalue weighted by atomic mass is 16.2. The number of hydrogen-bond donors (Lipinski definition) is 0. The minimum Gasteiger partial charge on any atom is -0.344 e. The van der Waals surface area contributed by atoms with Crippen LogP contribution in [0.5, 0.6) is 0 Å². The van der Waals surface area contributed by atoms with Gasteiger partial charge in [-0.2, -0.15) is 0 Å². The van der Waals surface area contributed by atoms with Crippen LogP contribution in [0.2, 0.25) is 0 Å². The van der Waals surface area contributed by atoms with E-state index >= 15 is 0 Å². The number of pyridine rings is 1. The third-order valence-corrected chi connectivity index (χ3v) is 3.90. The first-order valence-electron chi connectivity index (χ1n) is 7.73. The molecule has 0 radical (unpaired) electrons. The molecule has 122 valence electrons. The van der Waals surface area contributed by atoms with Crippen molar-refractivity contribution in [2.45, 2.75) is 13.0 Å². The standard InChI is InChI=1S/C18H18N4O2/c1-21(11-9-14-6-4-5-10-19-14)18(24)13-22-16-8-3-2-7-15(16)20-12-17(22)23/h2-8,10,12H,9,11,13H2,1H3. The molecule has 2 aromatic heterocycles. The summed E-state index contributed by atoms with van der Waals surface area (Å²) in [7, 11) is 1.74. The van der Waals surface area contributed by atoms with Crippen molar-refractivity contribution in [3.8, 4) is 0 Å². The zero-order chi connectivity index (χ0) is 16.9. The number of benzene rings is 1. The molecule has 3 aromatic rings. The van der Waals surface area contributed by atoms with Gasteiger partial charge in [0, 0.05) is 31.9 Å². The third kappa shape index (κ3) is 3.48. The van der Waals surface area contributed by atoms with Gasteiger partial charge >= 0.3 is 0 Å². The normalized spacial score (nSPS) is 10.7. The third-order valence-electron chi connectivity index (χ3n) is 3.90. The van der Waals surface area contributed by atoms with Gasteiger partial charge in [0.15, 0.2) is 0 Å². The van der Waals surface area contributed by atoms with Crippen molar-refractivity contribution in [3.63, 3.8) is 0 Å². The van der Waals surface area contributed by atoms with Gasteiger partial charge in [-0.3, -0.25) is 19.1 Å². The minimum absolute atomic E-state index is 0.000580. The predicted octanol–water partition coefficient (Wildman–Crippen LogP) is 1.49. The zero-order valence-electron chi connectivity index (χ0n) is 13.4. The summed E-state index contributed by atoms with van der Waals surface area (Å²) in [5, 5.41) is 0. The smallest absolute Gasteiger partial charge is 0.269 e. The molecule has 0 aliphatic rings. The van der Waals surface area contributed by atoms with E-state index in [1.54, 1.807) is 24.2 Å². The fourth-order valence-electron chi connectivity index (χ4n) is 2.49. The highest BCUT2D eigenvalue weighted by molar-refractivity contribution is 5.79. The lowest BCUT2D eigenvalue weighted by atomic mass is 10.2. The van der Waals surface area contributed by atoms with E-state index in [-0.39, 0.29) is 18.0 Å². The highest BCUT2D eigenvalue weighted by Gasteiger charge is 2.13. The number of para-hydroxylation sites is 2. The molecule has 0 aliphatic heterocycles. The highest BCUT2D eigenvalue weighted by Crippen LogP contribution is 2.08. The van der Waals surface area contributed by atoms with Crippen LogP contribution < -0.4 is 5.56 Å². The number of carbonyl (C=O) groups is 1. The van der Waals surface area contributed by atoms with Crippen LogP contribution in [0.15, 0.2) is 59.7 Å². The second-order valence-electron chi connectivity index (χ2n) is 5.56. The molecule has 1 aromatic carbocycles. The van der Waals surface area contributed by atoms with E-state index in [2.05, 4.69) is 9.97 Å². The minimum atomic E-state index is -0.278. The fourth-order valence-corrected chi connectivity index (χ4v) is 2.49. The molecule has 0 saturated heterocycles. The van der Waals surface area contributed by atoms with Crippen molar-refractivity contribution in [2.24, 2.45) is 0 Å². The zero-order valence-corrected chi connectivity index (χ0v) is 13.4. The molecule has 2 heterocycles. The molecule has 0 aliphatic carbocycles. The fraction of sp³-hybridized carbons (Fsp3) is 0.222. The topological polar surface area (TPSA) is 68.1 Å². The van der Waals surface area contributed by atoms with Gasteiger partial charge in [0.2, 0.25) is 5.91 Å². The Morgan fingerprint density at radius 1 is 1.12 bits per heavy atom. The number of nitrogens with zero attached hydrogens (tertiary/aromatic N) is 4. The molecule has 0 bridgehead atoms. The van der Waals surface area contributed by atoms with E-state index < -0.39 is 0 Å². The van der Waals surface area contributed by atoms with Crippen LogP contribution in [0, 0.1) is 0 Å². The average Bonchev–Trinajstić information content (AvgIpc) is 2.63. The number of hydrogen-bond acceptors (Lipinski definition) is 4. The quantitative estimate of drug-likeness (QED) is 0.714. The Hall–Kier alpha value is -3.02. The molecule has 0 spiro atoms. The molecule has 0 N–H and O–H groups in total. The maximum Gasteiger partial charge on any atom is 0.269 e. The van der Waals surface area contributed by atoms with E-state index in [1.807, 2.05) is 36.4 Å². The summed E-state index contributed by atoms with van der Waals surface area (Å²) in [6.07, 6.45) is 3.67. The molecule has 0 saturated carbocycles. The number of amides is 1. The molecule has 1 amide bonds. The largest absolute Gasteiger partial charge is 0.344 e. The summed E-state index contributed by atoms with van der Waals surface area (Å²) in [5.41, 5.74) is 2.02. The number of aromatic nitrogens is 3. The van der Waals surface area contributed by atoms with Crippen LogP contribution in [0.4, 0.5) is 0 Å². The van der Waals surface area contributed by atoms with Crippen LogP contribution in [-0.2, 0) is 17.8 Å². The molecule has 0 fully saturated rings. The van der Waals surface area contributed by atoms with Crippen molar-refractivity contribution in [3.05, 3.63) is 70.9 Å². The Morgan fingerprint density at radius 2 is 1.92 bits per heavy atom. The first-order valence-corrected chi connectivity index (χ1v) is 7.73. The lowest BCUT2D eigenvalue weighted by Gasteiger charge is -2.18. The van der Waals surface area contributed by atoms with E-state index in [1.165, 1.54) is 10.8 Å². The van der Waals surface area contributed by atoms with Crippen LogP contribution in [-0.4, -0.2) is 38.9 Å². The summed E-state index contributed by atoms with van der Waals surface area (Å²) in [6.45, 7) is 0.550. The number of rotatable bonds is 5. The first kappa shape index (κ1) is 15.9. The lowest BCUT2D eigenvalue weighted by Crippen LogP contribution is -2.35. The van der Waals surface area contributed by atoms with Gasteiger partial charge in [-0.1, -0.05) is 18.2 Å². The summed E-state index contributed by atoms with van der Waals surface area (Å²) < 4.78 is 1.46. The van der Waals surface area contributed by atoms with Crippen LogP contribution >= 0.6 is 0 Å². The number of fused-ring (bicyclic) bond motifs is 1. The molecule has 24 heavy (non-hydrogen) atoms. The maximum atomic E-state index is 12.5. The first-order chi connectivity index (χ1) is 11.6. The number of likely N-dealkylation sites (N-methyl/N-ethyl adjacent to an activating group) is 1. The van der Waals surface area contributed by atoms with Crippen molar-refractivity contribution in [2.75, 3.05) is 13.6 Å². The van der Waals surface area contributed by atoms with Crippen molar-refractivity contribution >= 4 is 16.9 Å². The maximum absolute atomic E-state index is 12.5. The molecule has 0 unspecified atom stereocenters. The van der Waals surface area contributed by atoms with Gasteiger partial charge in [-0.05, 0) is 24.3 Å². The Balaban J connectivity index is 1.73. The van der Waals surface area contributed by atoms with Gasteiger partial charge in [0.05, 0.1) is 17.2 Å². The van der Waals surface area contributed by atoms with Gasteiger partial charge < -0.3 is 4.90 Å². The lowest BCUT2D eigenvalue weighted by molar-refractivity contribution is -0.130. The van der Waals surface area contributed by atoms with E-state index in [9.17, 15) is 9.59 Å². The van der Waals surface area contributed by atoms with Gasteiger partial charge in [0.1, 0.15) is 6.54 Å². The summed E-state index contributed by atoms with van der Waals surface area (Å²) in [6, 6.07) is 13.0. The van der Waals surface area contributed by atoms with Gasteiger partial charge in [-0.25, -0.2) is 4.98 Å². The predicted molar refractivity (Wildman–Crippen MR) is 91.6 cm³/mol. The average molecular weight is 322 g/mol. The molecule has 6 heteroatoms. The molecule has 0 atom stereocenters. The van der Waals surface area contributed by atoms with Gasteiger partial charge in [0.25, 0.3) is 5.56 Å². The Bertz CT molecular complexity index is 906. The van der Waals surface area contributed by atoms with E-state index in [4.69, 9.17) is 0 Å². The molecular formula is C18H18N4O2. The monoisotopic (exact) mass is 322 g/mol. The Labute approximate surface area is 139 Å². The van der Waals surface area contributed by atoms with Crippen LogP contribution in [0.1, 0.15) is 5.69 Å². The van der Waals surface area contributed by atoms with Crippen molar-refractivity contribution in [1.29, 1.82) is 0 Å². The van der Waals surface area contributed by atoms with Crippen molar-refractivity contribution in [1.82, 2.24) is 19.4 Å². The molecule has 3 rings (SSSR count). The van der Waals surface area contributed by atoms with Crippen molar-refractivity contribution < 1.29 is 4.79 Å². The molecular weight excluding hydrogens is 304 g/mol. The van der Waals surface area contributed by atoms with E-state index in [0.29, 0.717) is 24.0 Å². The summed E-state index contributed by atoms with van der Waals surface area (Å²) in [5.74, 6) is -0.121. The second-order valence-corrected chi connectivity index (χ2v) is 5.56. The summed E-state index contributed by atoms with van der Waals surface area (Å²) in [4.78, 5) is 34.5. The van der Waals surface area contributed by atoms with E-state index in [0.717, 1.165) is 5.69 Å². The van der Waals surface area contributed by atoms with Crippen LogP contribution in [0.25, 0.3) is 11.0 Å². The second kappa shape index (κ2) is 7.04.